The van der Waals surface area contributed by atoms with E-state index in [-0.39, 0.29) is 11.9 Å². The van der Waals surface area contributed by atoms with E-state index in [9.17, 15) is 4.79 Å². The molecule has 0 aliphatic carbocycles. The van der Waals surface area contributed by atoms with Gasteiger partial charge in [-0.1, -0.05) is 41.4 Å². The molecule has 0 saturated heterocycles. The van der Waals surface area contributed by atoms with Crippen LogP contribution in [0.15, 0.2) is 42.5 Å². The summed E-state index contributed by atoms with van der Waals surface area (Å²) in [7, 11) is 1.61. The average molecular weight is 380 g/mol. The Balaban J connectivity index is 1.87. The first kappa shape index (κ1) is 17.1. The number of thiophene rings is 1. The molecule has 3 rings (SSSR count). The van der Waals surface area contributed by atoms with Crippen LogP contribution in [0.1, 0.15) is 28.2 Å². The maximum Gasteiger partial charge on any atom is 0.263 e. The van der Waals surface area contributed by atoms with E-state index in [1.165, 1.54) is 11.3 Å². The summed E-state index contributed by atoms with van der Waals surface area (Å²) >= 11 is 13.9. The maximum absolute atomic E-state index is 12.6. The molecule has 1 amide bonds. The van der Waals surface area contributed by atoms with E-state index in [0.717, 1.165) is 21.4 Å². The summed E-state index contributed by atoms with van der Waals surface area (Å²) in [6, 6.07) is 12.9. The van der Waals surface area contributed by atoms with Crippen molar-refractivity contribution in [1.29, 1.82) is 0 Å². The van der Waals surface area contributed by atoms with Crippen molar-refractivity contribution in [2.75, 3.05) is 7.11 Å². The molecule has 0 fully saturated rings. The second-order valence-corrected chi connectivity index (χ2v) is 7.17. The molecule has 2 aromatic carbocycles. The minimum Gasteiger partial charge on any atom is -0.497 e. The van der Waals surface area contributed by atoms with Crippen LogP contribution in [0, 0.1) is 0 Å². The number of amides is 1. The normalized spacial score (nSPS) is 12.2. The van der Waals surface area contributed by atoms with Crippen molar-refractivity contribution in [2.45, 2.75) is 13.0 Å². The predicted octanol–water partition coefficient (Wildman–Crippen LogP) is 5.71. The monoisotopic (exact) mass is 379 g/mol. The van der Waals surface area contributed by atoms with Gasteiger partial charge >= 0.3 is 0 Å². The molecule has 0 radical (unpaired) electrons. The number of fused-ring (bicyclic) bond motifs is 1. The number of hydrogen-bond donors (Lipinski definition) is 1. The molecule has 3 aromatic rings. The van der Waals surface area contributed by atoms with Crippen molar-refractivity contribution in [2.24, 2.45) is 0 Å². The van der Waals surface area contributed by atoms with E-state index >= 15 is 0 Å². The van der Waals surface area contributed by atoms with Crippen LogP contribution in [0.4, 0.5) is 0 Å². The van der Waals surface area contributed by atoms with E-state index in [1.54, 1.807) is 13.2 Å². The topological polar surface area (TPSA) is 38.3 Å². The molecule has 124 valence electrons. The van der Waals surface area contributed by atoms with Gasteiger partial charge in [0.2, 0.25) is 0 Å². The number of carbonyl (C=O) groups excluding carboxylic acids is 1. The van der Waals surface area contributed by atoms with Gasteiger partial charge in [0.25, 0.3) is 5.91 Å². The fraction of sp³-hybridized carbons (Fsp3) is 0.167. The van der Waals surface area contributed by atoms with Gasteiger partial charge in [0, 0.05) is 10.1 Å². The van der Waals surface area contributed by atoms with Crippen LogP contribution in [0.5, 0.6) is 5.75 Å². The number of benzene rings is 2. The molecule has 1 unspecified atom stereocenters. The highest BCUT2D eigenvalue weighted by Crippen LogP contribution is 2.39. The van der Waals surface area contributed by atoms with Crippen LogP contribution in [0.2, 0.25) is 10.0 Å². The molecule has 24 heavy (non-hydrogen) atoms. The standard InChI is InChI=1S/C18H15Cl2NO2S/c1-10(11-5-3-6-12(9-11)23-2)21-18(22)17-16(20)15-13(19)7-4-8-14(15)24-17/h3-10H,1-2H3,(H,21,22). The van der Waals surface area contributed by atoms with E-state index in [2.05, 4.69) is 5.32 Å². The number of rotatable bonds is 4. The lowest BCUT2D eigenvalue weighted by atomic mass is 10.1. The Hall–Kier alpha value is -1.75. The highest BCUT2D eigenvalue weighted by molar-refractivity contribution is 7.21. The minimum absolute atomic E-state index is 0.177. The summed E-state index contributed by atoms with van der Waals surface area (Å²) < 4.78 is 6.12. The van der Waals surface area contributed by atoms with Gasteiger partial charge in [0.15, 0.2) is 0 Å². The molecule has 0 saturated carbocycles. The van der Waals surface area contributed by atoms with Gasteiger partial charge in [-0.15, -0.1) is 11.3 Å². The molecule has 0 aliphatic rings. The van der Waals surface area contributed by atoms with Gasteiger partial charge in [-0.3, -0.25) is 4.79 Å². The van der Waals surface area contributed by atoms with Gasteiger partial charge in [-0.25, -0.2) is 0 Å². The number of methoxy groups -OCH3 is 1. The highest BCUT2D eigenvalue weighted by atomic mass is 35.5. The molecule has 1 aromatic heterocycles. The van der Waals surface area contributed by atoms with Gasteiger partial charge in [0.05, 0.1) is 23.2 Å². The van der Waals surface area contributed by atoms with Gasteiger partial charge < -0.3 is 10.1 Å². The first-order valence-corrected chi connectivity index (χ1v) is 8.90. The van der Waals surface area contributed by atoms with Crippen molar-refractivity contribution in [3.05, 3.63) is 63.0 Å². The maximum atomic E-state index is 12.6. The number of hydrogen-bond acceptors (Lipinski definition) is 3. The third kappa shape index (κ3) is 3.22. The summed E-state index contributed by atoms with van der Waals surface area (Å²) in [5.74, 6) is 0.535. The Bertz CT molecular complexity index is 907. The van der Waals surface area contributed by atoms with Crippen LogP contribution < -0.4 is 10.1 Å². The molecular formula is C18H15Cl2NO2S. The average Bonchev–Trinajstić information content (AvgIpc) is 2.93. The van der Waals surface area contributed by atoms with Gasteiger partial charge in [0.1, 0.15) is 10.6 Å². The predicted molar refractivity (Wildman–Crippen MR) is 101 cm³/mol. The molecule has 0 bridgehead atoms. The Kier molecular flexibility index (Phi) is 4.99. The van der Waals surface area contributed by atoms with Crippen molar-refractivity contribution >= 4 is 50.5 Å². The first-order chi connectivity index (χ1) is 11.5. The lowest BCUT2D eigenvalue weighted by Gasteiger charge is -2.14. The molecule has 1 heterocycles. The van der Waals surface area contributed by atoms with Crippen molar-refractivity contribution in [1.82, 2.24) is 5.32 Å². The van der Waals surface area contributed by atoms with Crippen LogP contribution in [0.3, 0.4) is 0 Å². The molecular weight excluding hydrogens is 365 g/mol. The summed E-state index contributed by atoms with van der Waals surface area (Å²) in [6.45, 7) is 1.92. The zero-order valence-electron chi connectivity index (χ0n) is 13.1. The van der Waals surface area contributed by atoms with Crippen molar-refractivity contribution < 1.29 is 9.53 Å². The smallest absolute Gasteiger partial charge is 0.263 e. The van der Waals surface area contributed by atoms with Crippen molar-refractivity contribution in [3.8, 4) is 5.75 Å². The van der Waals surface area contributed by atoms with Crippen LogP contribution in [-0.2, 0) is 0 Å². The SMILES string of the molecule is COc1cccc(C(C)NC(=O)c2sc3cccc(Cl)c3c2Cl)c1. The third-order valence-corrected chi connectivity index (χ3v) is 5.71. The third-order valence-electron chi connectivity index (χ3n) is 3.75. The van der Waals surface area contributed by atoms with Crippen LogP contribution in [0.25, 0.3) is 10.1 Å². The second kappa shape index (κ2) is 7.01. The summed E-state index contributed by atoms with van der Waals surface area (Å²) in [4.78, 5) is 13.1. The van der Waals surface area contributed by atoms with E-state index in [4.69, 9.17) is 27.9 Å². The number of ether oxygens (including phenoxy) is 1. The number of carbonyl (C=O) groups is 1. The Morgan fingerprint density at radius 2 is 1.96 bits per heavy atom. The zero-order chi connectivity index (χ0) is 17.3. The molecule has 0 spiro atoms. The number of halogens is 2. The van der Waals surface area contributed by atoms with Crippen LogP contribution >= 0.6 is 34.5 Å². The quantitative estimate of drug-likeness (QED) is 0.630. The summed E-state index contributed by atoms with van der Waals surface area (Å²) in [6.07, 6.45) is 0. The molecule has 3 nitrogen and oxygen atoms in total. The fourth-order valence-electron chi connectivity index (χ4n) is 2.47. The summed E-state index contributed by atoms with van der Waals surface area (Å²) in [5.41, 5.74) is 0.956. The number of nitrogens with one attached hydrogen (secondary N) is 1. The lowest BCUT2D eigenvalue weighted by Crippen LogP contribution is -2.26. The second-order valence-electron chi connectivity index (χ2n) is 5.33. The van der Waals surface area contributed by atoms with Crippen molar-refractivity contribution in [3.63, 3.8) is 0 Å². The fourth-order valence-corrected chi connectivity index (χ4v) is 4.33. The minimum atomic E-state index is -0.215. The Morgan fingerprint density at radius 3 is 2.67 bits per heavy atom. The first-order valence-electron chi connectivity index (χ1n) is 7.32. The summed E-state index contributed by atoms with van der Waals surface area (Å²) in [5, 5.41) is 4.65. The Labute approximate surface area is 154 Å². The van der Waals surface area contributed by atoms with Gasteiger partial charge in [-0.2, -0.15) is 0 Å². The van der Waals surface area contributed by atoms with Gasteiger partial charge in [-0.05, 0) is 36.8 Å². The molecule has 6 heteroatoms. The zero-order valence-corrected chi connectivity index (χ0v) is 15.4. The van der Waals surface area contributed by atoms with E-state index < -0.39 is 0 Å². The van der Waals surface area contributed by atoms with Crippen LogP contribution in [-0.4, -0.2) is 13.0 Å². The largest absolute Gasteiger partial charge is 0.497 e. The lowest BCUT2D eigenvalue weighted by molar-refractivity contribution is 0.0944. The Morgan fingerprint density at radius 1 is 1.21 bits per heavy atom. The molecule has 0 aliphatic heterocycles. The van der Waals surface area contributed by atoms with E-state index in [0.29, 0.717) is 14.9 Å². The molecule has 1 N–H and O–H groups in total. The van der Waals surface area contributed by atoms with E-state index in [1.807, 2.05) is 43.3 Å². The highest BCUT2D eigenvalue weighted by Gasteiger charge is 2.20. The molecule has 1 atom stereocenters.